The Morgan fingerprint density at radius 1 is 1.03 bits per heavy atom. The van der Waals surface area contributed by atoms with E-state index in [0.717, 1.165) is 27.9 Å². The van der Waals surface area contributed by atoms with Gasteiger partial charge in [0.25, 0.3) is 5.95 Å². The maximum Gasteiger partial charge on any atom is 0.272 e. The molecule has 0 saturated heterocycles. The summed E-state index contributed by atoms with van der Waals surface area (Å²) < 4.78 is 14.3. The first-order valence-corrected chi connectivity index (χ1v) is 11.1. The van der Waals surface area contributed by atoms with Crippen molar-refractivity contribution >= 4 is 28.0 Å². The van der Waals surface area contributed by atoms with Crippen LogP contribution < -0.4 is 14.8 Å². The number of aryl methyl sites for hydroxylation is 2. The van der Waals surface area contributed by atoms with Crippen LogP contribution in [0.4, 0.5) is 0 Å². The van der Waals surface area contributed by atoms with Crippen molar-refractivity contribution < 1.29 is 14.3 Å². The summed E-state index contributed by atoms with van der Waals surface area (Å²) in [6, 6.07) is 15.3. The third-order valence-electron chi connectivity index (χ3n) is 5.82. The van der Waals surface area contributed by atoms with E-state index >= 15 is 0 Å². The second-order valence-corrected chi connectivity index (χ2v) is 8.16. The highest BCUT2D eigenvalue weighted by Crippen LogP contribution is 2.30. The van der Waals surface area contributed by atoms with Gasteiger partial charge in [0.1, 0.15) is 12.1 Å². The summed E-state index contributed by atoms with van der Waals surface area (Å²) in [5.74, 6) is 1.39. The van der Waals surface area contributed by atoms with Crippen LogP contribution in [0.15, 0.2) is 48.5 Å². The minimum atomic E-state index is -0.177. The Bertz CT molecular complexity index is 1550. The van der Waals surface area contributed by atoms with Gasteiger partial charge in [0.2, 0.25) is 5.91 Å². The van der Waals surface area contributed by atoms with Crippen molar-refractivity contribution in [3.8, 4) is 17.4 Å². The van der Waals surface area contributed by atoms with Crippen molar-refractivity contribution in [3.63, 3.8) is 0 Å². The van der Waals surface area contributed by atoms with E-state index in [9.17, 15) is 4.79 Å². The summed E-state index contributed by atoms with van der Waals surface area (Å²) in [6.45, 7) is 4.20. The fourth-order valence-electron chi connectivity index (χ4n) is 4.26. The SMILES string of the molecule is COc1cccc(CNC(=O)Cn2c3ccccc3c3nnc(-n4nc(C)cc4C)nc32)c1OC. The minimum Gasteiger partial charge on any atom is -0.493 e. The van der Waals surface area contributed by atoms with Crippen molar-refractivity contribution in [2.45, 2.75) is 26.9 Å². The minimum absolute atomic E-state index is 0.0611. The number of rotatable bonds is 7. The molecule has 0 fully saturated rings. The number of amides is 1. The molecule has 0 spiro atoms. The number of carbonyl (C=O) groups excluding carboxylic acids is 1. The molecule has 1 N–H and O–H groups in total. The molecule has 10 nitrogen and oxygen atoms in total. The largest absolute Gasteiger partial charge is 0.493 e. The van der Waals surface area contributed by atoms with Crippen LogP contribution in [-0.4, -0.2) is 49.7 Å². The zero-order valence-corrected chi connectivity index (χ0v) is 19.9. The van der Waals surface area contributed by atoms with Gasteiger partial charge in [0.15, 0.2) is 17.1 Å². The molecule has 1 amide bonds. The molecule has 0 bridgehead atoms. The zero-order valence-electron chi connectivity index (χ0n) is 19.9. The molecule has 35 heavy (non-hydrogen) atoms. The predicted octanol–water partition coefficient (Wildman–Crippen LogP) is 3.12. The van der Waals surface area contributed by atoms with Gasteiger partial charge in [-0.25, -0.2) is 4.68 Å². The Hall–Kier alpha value is -4.47. The van der Waals surface area contributed by atoms with Crippen LogP contribution >= 0.6 is 0 Å². The molecular weight excluding hydrogens is 446 g/mol. The van der Waals surface area contributed by atoms with Gasteiger partial charge in [0.05, 0.1) is 25.4 Å². The molecule has 5 aromatic rings. The number of nitrogens with zero attached hydrogens (tertiary/aromatic N) is 6. The van der Waals surface area contributed by atoms with Crippen LogP contribution in [0.3, 0.4) is 0 Å². The molecule has 0 aliphatic heterocycles. The van der Waals surface area contributed by atoms with E-state index in [2.05, 4.69) is 20.6 Å². The monoisotopic (exact) mass is 471 g/mol. The number of carbonyl (C=O) groups is 1. The van der Waals surface area contributed by atoms with E-state index in [-0.39, 0.29) is 12.5 Å². The van der Waals surface area contributed by atoms with E-state index in [1.807, 2.05) is 66.9 Å². The predicted molar refractivity (Wildman–Crippen MR) is 131 cm³/mol. The van der Waals surface area contributed by atoms with E-state index in [1.54, 1.807) is 18.9 Å². The molecule has 3 heterocycles. The first-order valence-electron chi connectivity index (χ1n) is 11.1. The Morgan fingerprint density at radius 3 is 2.60 bits per heavy atom. The van der Waals surface area contributed by atoms with Crippen LogP contribution in [0.1, 0.15) is 17.0 Å². The first-order chi connectivity index (χ1) is 17.0. The van der Waals surface area contributed by atoms with Gasteiger partial charge < -0.3 is 19.4 Å². The molecule has 2 aromatic carbocycles. The fraction of sp³-hybridized carbons (Fsp3) is 0.240. The number of fused-ring (bicyclic) bond motifs is 3. The van der Waals surface area contributed by atoms with Gasteiger partial charge >= 0.3 is 0 Å². The lowest BCUT2D eigenvalue weighted by Crippen LogP contribution is -2.27. The van der Waals surface area contributed by atoms with Crippen molar-refractivity contribution in [3.05, 3.63) is 65.5 Å². The van der Waals surface area contributed by atoms with Gasteiger partial charge in [-0.05, 0) is 32.0 Å². The fourth-order valence-corrected chi connectivity index (χ4v) is 4.26. The van der Waals surface area contributed by atoms with E-state index in [0.29, 0.717) is 35.2 Å². The molecule has 178 valence electrons. The second-order valence-electron chi connectivity index (χ2n) is 8.16. The third kappa shape index (κ3) is 4.03. The Balaban J connectivity index is 1.49. The summed E-state index contributed by atoms with van der Waals surface area (Å²) in [7, 11) is 3.16. The quantitative estimate of drug-likeness (QED) is 0.388. The summed E-state index contributed by atoms with van der Waals surface area (Å²) in [5.41, 5.74) is 4.63. The van der Waals surface area contributed by atoms with Crippen molar-refractivity contribution in [2.75, 3.05) is 14.2 Å². The number of hydrogen-bond donors (Lipinski definition) is 1. The summed E-state index contributed by atoms with van der Waals surface area (Å²) in [6.07, 6.45) is 0. The highest BCUT2D eigenvalue weighted by molar-refractivity contribution is 6.04. The van der Waals surface area contributed by atoms with Gasteiger partial charge in [-0.15, -0.1) is 10.2 Å². The highest BCUT2D eigenvalue weighted by atomic mass is 16.5. The maximum atomic E-state index is 13.1. The molecule has 10 heteroatoms. The highest BCUT2D eigenvalue weighted by Gasteiger charge is 2.19. The molecular formula is C25H25N7O3. The maximum absolute atomic E-state index is 13.1. The number of aromatic nitrogens is 6. The number of ether oxygens (including phenoxy) is 2. The summed E-state index contributed by atoms with van der Waals surface area (Å²) >= 11 is 0. The van der Waals surface area contributed by atoms with Gasteiger partial charge in [-0.2, -0.15) is 10.1 Å². The van der Waals surface area contributed by atoms with Gasteiger partial charge in [-0.1, -0.05) is 30.3 Å². The smallest absolute Gasteiger partial charge is 0.272 e. The molecule has 3 aromatic heterocycles. The van der Waals surface area contributed by atoms with Crippen LogP contribution in [0.2, 0.25) is 0 Å². The lowest BCUT2D eigenvalue weighted by Gasteiger charge is -2.13. The molecule has 5 rings (SSSR count). The Morgan fingerprint density at radius 2 is 1.86 bits per heavy atom. The molecule has 0 aliphatic rings. The third-order valence-corrected chi connectivity index (χ3v) is 5.82. The topological polar surface area (TPSA) is 109 Å². The standard InChI is InChI=1S/C25H25N7O3/c1-15-12-16(2)32(30-15)25-27-24-22(28-29-25)18-9-5-6-10-19(18)31(24)14-21(33)26-13-17-8-7-11-20(34-3)23(17)35-4/h5-12H,13-14H2,1-4H3,(H,26,33). The normalized spacial score (nSPS) is 11.2. The Labute approximate surface area is 201 Å². The van der Waals surface area contributed by atoms with Crippen LogP contribution in [0, 0.1) is 13.8 Å². The molecule has 0 aliphatic carbocycles. The number of methoxy groups -OCH3 is 2. The van der Waals surface area contributed by atoms with E-state index in [4.69, 9.17) is 14.5 Å². The number of nitrogens with one attached hydrogen (secondary N) is 1. The average Bonchev–Trinajstić information content (AvgIpc) is 3.38. The molecule has 0 atom stereocenters. The number of para-hydroxylation sites is 2. The van der Waals surface area contributed by atoms with Crippen molar-refractivity contribution in [1.82, 2.24) is 34.8 Å². The zero-order chi connectivity index (χ0) is 24.5. The van der Waals surface area contributed by atoms with E-state index in [1.165, 1.54) is 0 Å². The molecule has 0 unspecified atom stereocenters. The van der Waals surface area contributed by atoms with Crippen LogP contribution in [0.5, 0.6) is 11.5 Å². The van der Waals surface area contributed by atoms with Crippen LogP contribution in [-0.2, 0) is 17.9 Å². The van der Waals surface area contributed by atoms with Crippen LogP contribution in [0.25, 0.3) is 28.0 Å². The second kappa shape index (κ2) is 9.05. The lowest BCUT2D eigenvalue weighted by atomic mass is 10.2. The first kappa shape index (κ1) is 22.3. The van der Waals surface area contributed by atoms with Gasteiger partial charge in [-0.3, -0.25) is 4.79 Å². The van der Waals surface area contributed by atoms with Crippen molar-refractivity contribution in [1.29, 1.82) is 0 Å². The van der Waals surface area contributed by atoms with Crippen molar-refractivity contribution in [2.24, 2.45) is 0 Å². The number of hydrogen-bond acceptors (Lipinski definition) is 7. The molecule has 0 radical (unpaired) electrons. The van der Waals surface area contributed by atoms with Gasteiger partial charge in [0, 0.05) is 23.2 Å². The summed E-state index contributed by atoms with van der Waals surface area (Å²) in [4.78, 5) is 17.8. The number of benzene rings is 2. The summed E-state index contributed by atoms with van der Waals surface area (Å²) in [5, 5.41) is 17.1. The van der Waals surface area contributed by atoms with E-state index < -0.39 is 0 Å². The Kier molecular flexibility index (Phi) is 5.77. The average molecular weight is 472 g/mol. The molecule has 0 saturated carbocycles. The lowest BCUT2D eigenvalue weighted by molar-refractivity contribution is -0.121.